The predicted molar refractivity (Wildman–Crippen MR) is 117 cm³/mol. The third-order valence-corrected chi connectivity index (χ3v) is 5.56. The molecule has 1 atom stereocenters. The summed E-state index contributed by atoms with van der Waals surface area (Å²) in [6, 6.07) is 5.63. The number of hydrogen-bond acceptors (Lipinski definition) is 9. The van der Waals surface area contributed by atoms with E-state index in [-0.39, 0.29) is 22.8 Å². The Labute approximate surface area is 190 Å². The second-order valence-corrected chi connectivity index (χ2v) is 8.62. The van der Waals surface area contributed by atoms with E-state index < -0.39 is 33.3 Å². The van der Waals surface area contributed by atoms with Crippen LogP contribution in [0, 0.1) is 0 Å². The molecular weight excluding hydrogens is 464 g/mol. The summed E-state index contributed by atoms with van der Waals surface area (Å²) in [6.07, 6.45) is -0.469. The lowest BCUT2D eigenvalue weighted by atomic mass is 10.1. The lowest BCUT2D eigenvalue weighted by molar-refractivity contribution is -0.0676. The van der Waals surface area contributed by atoms with Crippen LogP contribution in [0.4, 0.5) is 10.5 Å². The molecule has 13 heteroatoms. The third-order valence-electron chi connectivity index (χ3n) is 4.18. The Morgan fingerprint density at radius 1 is 1.31 bits per heavy atom. The first-order valence-corrected chi connectivity index (χ1v) is 11.3. The Bertz CT molecular complexity index is 1040. The number of likely N-dealkylation sites (N-methyl/N-ethyl adjacent to an activating group) is 2. The van der Waals surface area contributed by atoms with E-state index in [0.29, 0.717) is 18.8 Å². The molecule has 1 amide bonds. The van der Waals surface area contributed by atoms with Crippen LogP contribution in [-0.2, 0) is 26.0 Å². The van der Waals surface area contributed by atoms with Crippen LogP contribution in [0.25, 0.3) is 0 Å². The highest BCUT2D eigenvalue weighted by molar-refractivity contribution is 7.89. The summed E-state index contributed by atoms with van der Waals surface area (Å²) >= 11 is 6.05. The smallest absolute Gasteiger partial charge is 0.412 e. The first-order valence-electron chi connectivity index (χ1n) is 9.42. The number of nitrogens with zero attached hydrogens (tertiary/aromatic N) is 1. The molecule has 0 saturated heterocycles. The number of amides is 1. The number of carbonyl (C=O) groups is 2. The number of furan rings is 1. The molecule has 0 bridgehead atoms. The van der Waals surface area contributed by atoms with E-state index >= 15 is 0 Å². The zero-order valence-electron chi connectivity index (χ0n) is 17.8. The minimum absolute atomic E-state index is 0.170. The molecule has 0 fully saturated rings. The minimum Gasteiger partial charge on any atom is -0.467 e. The summed E-state index contributed by atoms with van der Waals surface area (Å²) in [7, 11) is -0.947. The molecule has 1 heterocycles. The highest BCUT2D eigenvalue weighted by atomic mass is 35.5. The van der Waals surface area contributed by atoms with Crippen molar-refractivity contribution in [1.82, 2.24) is 10.2 Å². The third kappa shape index (κ3) is 7.12. The lowest BCUT2D eigenvalue weighted by Crippen LogP contribution is -2.36. The minimum atomic E-state index is -4.22. The number of ether oxygens (including phenoxy) is 2. The van der Waals surface area contributed by atoms with E-state index in [0.717, 1.165) is 6.07 Å². The average molecular weight is 489 g/mol. The first-order chi connectivity index (χ1) is 15.0. The number of benzene rings is 1. The number of sulfonamides is 1. The number of nitrogens with one attached hydrogen (secondary N) is 2. The Morgan fingerprint density at radius 3 is 2.62 bits per heavy atom. The maximum Gasteiger partial charge on any atom is 0.412 e. The van der Waals surface area contributed by atoms with Crippen LogP contribution in [0.1, 0.15) is 23.0 Å². The van der Waals surface area contributed by atoms with Crippen LogP contribution in [0.2, 0.25) is 5.02 Å². The Kier molecular flexibility index (Phi) is 8.89. The van der Waals surface area contributed by atoms with Crippen molar-refractivity contribution in [2.24, 2.45) is 5.14 Å². The van der Waals surface area contributed by atoms with Crippen molar-refractivity contribution in [2.75, 3.05) is 32.5 Å². The highest BCUT2D eigenvalue weighted by Gasteiger charge is 2.24. The van der Waals surface area contributed by atoms with Gasteiger partial charge in [-0.25, -0.2) is 23.1 Å². The van der Waals surface area contributed by atoms with Gasteiger partial charge in [-0.1, -0.05) is 11.6 Å². The number of nitrogens with two attached hydrogens (primary N) is 1. The Morgan fingerprint density at radius 2 is 2.03 bits per heavy atom. The van der Waals surface area contributed by atoms with Crippen molar-refractivity contribution in [3.8, 4) is 0 Å². The van der Waals surface area contributed by atoms with Gasteiger partial charge in [-0.05, 0) is 31.3 Å². The Hall–Kier alpha value is -2.80. The maximum atomic E-state index is 12.8. The van der Waals surface area contributed by atoms with Gasteiger partial charge in [-0.2, -0.15) is 0 Å². The van der Waals surface area contributed by atoms with Crippen LogP contribution in [0.3, 0.4) is 0 Å². The standard InChI is InChI=1S/C19H25ClN4O7S/c1-12(31-19(26)24(3)7-6-22-2)30-18(25)14-9-17(32(21,27)28)15(20)10-16(14)23-11-13-5-4-8-29-13/h4-5,8-10,12,22-23H,6-7,11H2,1-3H3,(H2,21,27,28). The van der Waals surface area contributed by atoms with Crippen LogP contribution in [0.15, 0.2) is 39.8 Å². The highest BCUT2D eigenvalue weighted by Crippen LogP contribution is 2.29. The number of primary sulfonamides is 1. The average Bonchev–Trinajstić information content (AvgIpc) is 3.22. The molecule has 0 aliphatic rings. The van der Waals surface area contributed by atoms with Gasteiger partial charge in [0.2, 0.25) is 16.3 Å². The van der Waals surface area contributed by atoms with Crippen LogP contribution in [-0.4, -0.2) is 58.9 Å². The van der Waals surface area contributed by atoms with Gasteiger partial charge in [-0.3, -0.25) is 0 Å². The molecule has 1 unspecified atom stereocenters. The number of carbonyl (C=O) groups excluding carboxylic acids is 2. The molecule has 0 aliphatic heterocycles. The van der Waals surface area contributed by atoms with Gasteiger partial charge in [0.05, 0.1) is 29.1 Å². The fourth-order valence-corrected chi connectivity index (χ4v) is 3.62. The van der Waals surface area contributed by atoms with Crippen molar-refractivity contribution in [3.63, 3.8) is 0 Å². The molecule has 1 aromatic heterocycles. The summed E-state index contributed by atoms with van der Waals surface area (Å²) in [6.45, 7) is 2.46. The molecule has 176 valence electrons. The summed E-state index contributed by atoms with van der Waals surface area (Å²) in [5.41, 5.74) is 0.00452. The molecule has 0 saturated carbocycles. The summed E-state index contributed by atoms with van der Waals surface area (Å²) in [5.74, 6) is -0.394. The van der Waals surface area contributed by atoms with Gasteiger partial charge in [0, 0.05) is 27.1 Å². The van der Waals surface area contributed by atoms with E-state index in [1.54, 1.807) is 19.2 Å². The molecule has 0 aliphatic carbocycles. The fraction of sp³-hybridized carbons (Fsp3) is 0.368. The summed E-state index contributed by atoms with van der Waals surface area (Å²) in [4.78, 5) is 25.7. The molecule has 4 N–H and O–H groups in total. The second kappa shape index (κ2) is 11.2. The number of rotatable bonds is 10. The van der Waals surface area contributed by atoms with Crippen molar-refractivity contribution in [2.45, 2.75) is 24.7 Å². The topological polar surface area (TPSA) is 153 Å². The number of hydrogen-bond donors (Lipinski definition) is 3. The van der Waals surface area contributed by atoms with Gasteiger partial charge in [0.1, 0.15) is 10.7 Å². The van der Waals surface area contributed by atoms with E-state index in [4.69, 9.17) is 30.6 Å². The number of anilines is 1. The van der Waals surface area contributed by atoms with E-state index in [1.807, 2.05) is 0 Å². The van der Waals surface area contributed by atoms with Gasteiger partial charge >= 0.3 is 12.1 Å². The zero-order valence-corrected chi connectivity index (χ0v) is 19.3. The van der Waals surface area contributed by atoms with E-state index in [2.05, 4.69) is 10.6 Å². The SMILES string of the molecule is CNCCN(C)C(=O)OC(C)OC(=O)c1cc(S(N)(=O)=O)c(Cl)cc1NCc1ccco1. The molecule has 0 spiro atoms. The van der Waals surface area contributed by atoms with Gasteiger partial charge in [-0.15, -0.1) is 0 Å². The fourth-order valence-electron chi connectivity index (χ4n) is 2.52. The zero-order chi connectivity index (χ0) is 23.9. The monoisotopic (exact) mass is 488 g/mol. The maximum absolute atomic E-state index is 12.8. The van der Waals surface area contributed by atoms with E-state index in [1.165, 1.54) is 31.2 Å². The van der Waals surface area contributed by atoms with Crippen molar-refractivity contribution >= 4 is 39.4 Å². The van der Waals surface area contributed by atoms with Gasteiger partial charge < -0.3 is 29.4 Å². The predicted octanol–water partition coefficient (Wildman–Crippen LogP) is 1.98. The first kappa shape index (κ1) is 25.5. The van der Waals surface area contributed by atoms with Crippen LogP contribution in [0.5, 0.6) is 0 Å². The van der Waals surface area contributed by atoms with Gasteiger partial charge in [0.25, 0.3) is 0 Å². The molecule has 11 nitrogen and oxygen atoms in total. The van der Waals surface area contributed by atoms with Gasteiger partial charge in [0.15, 0.2) is 0 Å². The summed E-state index contributed by atoms with van der Waals surface area (Å²) in [5, 5.41) is 10.8. The summed E-state index contributed by atoms with van der Waals surface area (Å²) < 4.78 is 39.2. The Balaban J connectivity index is 2.21. The molecule has 32 heavy (non-hydrogen) atoms. The molecule has 0 radical (unpaired) electrons. The van der Waals surface area contributed by atoms with Crippen LogP contribution < -0.4 is 15.8 Å². The molecule has 2 aromatic rings. The van der Waals surface area contributed by atoms with Crippen molar-refractivity contribution in [1.29, 1.82) is 0 Å². The second-order valence-electron chi connectivity index (χ2n) is 6.69. The number of esters is 1. The molecule has 1 aromatic carbocycles. The van der Waals surface area contributed by atoms with Crippen LogP contribution >= 0.6 is 11.6 Å². The quantitative estimate of drug-likeness (QED) is 0.336. The normalized spacial score (nSPS) is 12.2. The number of halogens is 1. The van der Waals surface area contributed by atoms with Crippen molar-refractivity contribution in [3.05, 3.63) is 46.9 Å². The lowest BCUT2D eigenvalue weighted by Gasteiger charge is -2.21. The molecule has 2 rings (SSSR count). The van der Waals surface area contributed by atoms with Crippen molar-refractivity contribution < 1.29 is 31.9 Å². The van der Waals surface area contributed by atoms with E-state index in [9.17, 15) is 18.0 Å². The molecular formula is C19H25ClN4O7S. The largest absolute Gasteiger partial charge is 0.467 e.